The van der Waals surface area contributed by atoms with Gasteiger partial charge in [0, 0.05) is 22.8 Å². The van der Waals surface area contributed by atoms with Crippen molar-refractivity contribution in [2.45, 2.75) is 26.3 Å². The van der Waals surface area contributed by atoms with Gasteiger partial charge in [-0.15, -0.1) is 0 Å². The highest BCUT2D eigenvalue weighted by molar-refractivity contribution is 6.30. The van der Waals surface area contributed by atoms with Crippen LogP contribution in [0.25, 0.3) is 0 Å². The van der Waals surface area contributed by atoms with Crippen LogP contribution in [-0.2, 0) is 6.54 Å². The highest BCUT2D eigenvalue weighted by Gasteiger charge is 2.04. The molecule has 1 nitrogen and oxygen atoms in total. The van der Waals surface area contributed by atoms with E-state index in [1.165, 1.54) is 11.6 Å². The zero-order valence-corrected chi connectivity index (χ0v) is 11.8. The van der Waals surface area contributed by atoms with Gasteiger partial charge in [0.15, 0.2) is 0 Å². The third-order valence-corrected chi connectivity index (χ3v) is 3.28. The summed E-state index contributed by atoms with van der Waals surface area (Å²) in [4.78, 5) is 0. The average molecular weight is 278 g/mol. The van der Waals surface area contributed by atoms with E-state index in [-0.39, 0.29) is 5.82 Å². The first-order valence-corrected chi connectivity index (χ1v) is 6.72. The van der Waals surface area contributed by atoms with Crippen LogP contribution in [0.4, 0.5) is 10.1 Å². The second-order valence-corrected chi connectivity index (χ2v) is 5.31. The molecule has 0 saturated carbocycles. The lowest BCUT2D eigenvalue weighted by atomic mass is 10.0. The molecule has 0 unspecified atom stereocenters. The maximum atomic E-state index is 13.6. The number of anilines is 1. The minimum Gasteiger partial charge on any atom is -0.381 e. The van der Waals surface area contributed by atoms with Gasteiger partial charge in [-0.1, -0.05) is 37.6 Å². The van der Waals surface area contributed by atoms with Crippen molar-refractivity contribution in [1.82, 2.24) is 0 Å². The fourth-order valence-corrected chi connectivity index (χ4v) is 2.08. The van der Waals surface area contributed by atoms with E-state index in [1.807, 2.05) is 12.1 Å². The number of benzene rings is 2. The van der Waals surface area contributed by atoms with Crippen molar-refractivity contribution in [2.75, 3.05) is 5.32 Å². The number of rotatable bonds is 4. The third-order valence-electron chi connectivity index (χ3n) is 3.04. The Morgan fingerprint density at radius 2 is 1.95 bits per heavy atom. The molecule has 0 spiro atoms. The molecule has 2 aromatic rings. The van der Waals surface area contributed by atoms with Crippen LogP contribution in [0.15, 0.2) is 42.5 Å². The summed E-state index contributed by atoms with van der Waals surface area (Å²) in [6, 6.07) is 12.8. The molecule has 3 heteroatoms. The van der Waals surface area contributed by atoms with Crippen LogP contribution in [0.3, 0.4) is 0 Å². The minimum absolute atomic E-state index is 0.239. The highest BCUT2D eigenvalue weighted by Crippen LogP contribution is 2.20. The van der Waals surface area contributed by atoms with Gasteiger partial charge in [-0.25, -0.2) is 4.39 Å². The molecule has 0 atom stereocenters. The average Bonchev–Trinajstić information content (AvgIpc) is 2.40. The summed E-state index contributed by atoms with van der Waals surface area (Å²) in [5, 5.41) is 3.78. The molecule has 0 amide bonds. The maximum Gasteiger partial charge on any atom is 0.128 e. The van der Waals surface area contributed by atoms with Crippen molar-refractivity contribution >= 4 is 17.3 Å². The molecule has 0 aliphatic heterocycles. The van der Waals surface area contributed by atoms with E-state index in [9.17, 15) is 4.39 Å². The van der Waals surface area contributed by atoms with Crippen molar-refractivity contribution < 1.29 is 4.39 Å². The number of halogens is 2. The monoisotopic (exact) mass is 277 g/mol. The molecular formula is C16H17ClFN. The van der Waals surface area contributed by atoms with E-state index >= 15 is 0 Å². The van der Waals surface area contributed by atoms with Crippen molar-refractivity contribution in [2.24, 2.45) is 0 Å². The van der Waals surface area contributed by atoms with Crippen molar-refractivity contribution in [1.29, 1.82) is 0 Å². The number of hydrogen-bond donors (Lipinski definition) is 1. The van der Waals surface area contributed by atoms with Crippen LogP contribution in [0.2, 0.25) is 5.02 Å². The van der Waals surface area contributed by atoms with Gasteiger partial charge in [-0.2, -0.15) is 0 Å². The van der Waals surface area contributed by atoms with Crippen molar-refractivity contribution in [3.8, 4) is 0 Å². The van der Waals surface area contributed by atoms with E-state index in [1.54, 1.807) is 12.1 Å². The Labute approximate surface area is 118 Å². The van der Waals surface area contributed by atoms with Crippen LogP contribution >= 0.6 is 11.6 Å². The first-order chi connectivity index (χ1) is 9.06. The Balaban J connectivity index is 2.10. The van der Waals surface area contributed by atoms with Gasteiger partial charge < -0.3 is 5.32 Å². The predicted molar refractivity (Wildman–Crippen MR) is 79.3 cm³/mol. The second-order valence-electron chi connectivity index (χ2n) is 4.87. The molecule has 1 N–H and O–H groups in total. The van der Waals surface area contributed by atoms with Crippen LogP contribution < -0.4 is 5.32 Å². The summed E-state index contributed by atoms with van der Waals surface area (Å²) in [5.74, 6) is 0.238. The Morgan fingerprint density at radius 3 is 2.68 bits per heavy atom. The van der Waals surface area contributed by atoms with E-state index in [2.05, 4.69) is 31.3 Å². The normalized spacial score (nSPS) is 10.8. The topological polar surface area (TPSA) is 12.0 Å². The second kappa shape index (κ2) is 6.07. The summed E-state index contributed by atoms with van der Waals surface area (Å²) in [6.07, 6.45) is 0. The molecule has 19 heavy (non-hydrogen) atoms. The Kier molecular flexibility index (Phi) is 4.43. The van der Waals surface area contributed by atoms with Gasteiger partial charge in [-0.3, -0.25) is 0 Å². The lowest BCUT2D eigenvalue weighted by molar-refractivity contribution is 0.613. The SMILES string of the molecule is CC(C)c1cccc(NCc2cc(Cl)ccc2F)c1. The maximum absolute atomic E-state index is 13.6. The summed E-state index contributed by atoms with van der Waals surface area (Å²) >= 11 is 5.87. The molecule has 0 radical (unpaired) electrons. The molecule has 0 saturated heterocycles. The molecule has 100 valence electrons. The van der Waals surface area contributed by atoms with Crippen LogP contribution in [-0.4, -0.2) is 0 Å². The lowest BCUT2D eigenvalue weighted by Crippen LogP contribution is -2.02. The van der Waals surface area contributed by atoms with Crippen LogP contribution in [0.1, 0.15) is 30.9 Å². The predicted octanol–water partition coefficient (Wildman–Crippen LogP) is 5.21. The smallest absolute Gasteiger partial charge is 0.128 e. The van der Waals surface area contributed by atoms with Gasteiger partial charge in [0.05, 0.1) is 0 Å². The van der Waals surface area contributed by atoms with Gasteiger partial charge in [0.25, 0.3) is 0 Å². The summed E-state index contributed by atoms with van der Waals surface area (Å²) in [6.45, 7) is 4.72. The van der Waals surface area contributed by atoms with Crippen molar-refractivity contribution in [3.63, 3.8) is 0 Å². The number of hydrogen-bond acceptors (Lipinski definition) is 1. The Morgan fingerprint density at radius 1 is 1.16 bits per heavy atom. The largest absolute Gasteiger partial charge is 0.381 e. The minimum atomic E-state index is -0.239. The molecule has 0 aliphatic carbocycles. The van der Waals surface area contributed by atoms with E-state index < -0.39 is 0 Å². The standard InChI is InChI=1S/C16H17ClFN/c1-11(2)12-4-3-5-15(9-12)19-10-13-8-14(17)6-7-16(13)18/h3-9,11,19H,10H2,1-2H3. The lowest BCUT2D eigenvalue weighted by Gasteiger charge is -2.11. The molecule has 0 bridgehead atoms. The molecule has 0 aliphatic rings. The fraction of sp³-hybridized carbons (Fsp3) is 0.250. The van der Waals surface area contributed by atoms with Crippen LogP contribution in [0, 0.1) is 5.82 Å². The first-order valence-electron chi connectivity index (χ1n) is 6.34. The fourth-order valence-electron chi connectivity index (χ4n) is 1.88. The highest BCUT2D eigenvalue weighted by atomic mass is 35.5. The first kappa shape index (κ1) is 13.9. The molecular weight excluding hydrogens is 261 g/mol. The Hall–Kier alpha value is -1.54. The molecule has 2 aromatic carbocycles. The van der Waals surface area contributed by atoms with Crippen LogP contribution in [0.5, 0.6) is 0 Å². The summed E-state index contributed by atoms with van der Waals surface area (Å²) < 4.78 is 13.6. The van der Waals surface area contributed by atoms with Gasteiger partial charge in [0.2, 0.25) is 0 Å². The molecule has 0 aromatic heterocycles. The third kappa shape index (κ3) is 3.71. The van der Waals surface area contributed by atoms with Gasteiger partial charge in [0.1, 0.15) is 5.82 Å². The van der Waals surface area contributed by atoms with E-state index in [0.717, 1.165) is 5.69 Å². The zero-order valence-electron chi connectivity index (χ0n) is 11.1. The number of nitrogens with one attached hydrogen (secondary N) is 1. The zero-order chi connectivity index (χ0) is 13.8. The quantitative estimate of drug-likeness (QED) is 0.808. The molecule has 2 rings (SSSR count). The summed E-state index contributed by atoms with van der Waals surface area (Å²) in [5.41, 5.74) is 2.82. The molecule has 0 heterocycles. The molecule has 0 fully saturated rings. The van der Waals surface area contributed by atoms with Gasteiger partial charge in [-0.05, 0) is 41.8 Å². The van der Waals surface area contributed by atoms with Crippen molar-refractivity contribution in [3.05, 3.63) is 64.4 Å². The summed E-state index contributed by atoms with van der Waals surface area (Å²) in [7, 11) is 0. The van der Waals surface area contributed by atoms with Gasteiger partial charge >= 0.3 is 0 Å². The van der Waals surface area contributed by atoms with E-state index in [0.29, 0.717) is 23.0 Å². The Bertz CT molecular complexity index is 566. The van der Waals surface area contributed by atoms with E-state index in [4.69, 9.17) is 11.6 Å².